The molecule has 0 bridgehead atoms. The molecule has 30 heavy (non-hydrogen) atoms. The molecule has 1 fully saturated rings. The van der Waals surface area contributed by atoms with Crippen LogP contribution in [0.1, 0.15) is 25.7 Å². The molecule has 0 saturated carbocycles. The van der Waals surface area contributed by atoms with Crippen molar-refractivity contribution in [2.24, 2.45) is 0 Å². The van der Waals surface area contributed by atoms with Gasteiger partial charge >= 0.3 is 6.03 Å². The van der Waals surface area contributed by atoms with E-state index >= 15 is 0 Å². The van der Waals surface area contributed by atoms with Gasteiger partial charge in [0.15, 0.2) is 0 Å². The third-order valence-electron chi connectivity index (χ3n) is 4.96. The summed E-state index contributed by atoms with van der Waals surface area (Å²) < 4.78 is 38.4. The van der Waals surface area contributed by atoms with Crippen LogP contribution < -0.4 is 19.5 Å². The van der Waals surface area contributed by atoms with Gasteiger partial charge < -0.3 is 19.7 Å². The average Bonchev–Trinajstić information content (AvgIpc) is 3.04. The molecule has 1 saturated heterocycles. The zero-order valence-corrected chi connectivity index (χ0v) is 18.0. The van der Waals surface area contributed by atoms with Gasteiger partial charge in [-0.1, -0.05) is 12.8 Å². The molecule has 2 aromatic carbocycles. The number of ether oxygens (including phenoxy) is 2. The van der Waals surface area contributed by atoms with E-state index in [2.05, 4.69) is 10.0 Å². The third-order valence-corrected chi connectivity index (χ3v) is 6.34. The summed E-state index contributed by atoms with van der Waals surface area (Å²) in [5.74, 6) is 0.901. The van der Waals surface area contributed by atoms with Gasteiger partial charge in [0.05, 0.1) is 24.8 Å². The zero-order chi connectivity index (χ0) is 21.6. The Bertz CT molecular complexity index is 969. The number of urea groups is 1. The molecule has 3 rings (SSSR count). The summed E-state index contributed by atoms with van der Waals surface area (Å²) in [6, 6.07) is 10.7. The van der Waals surface area contributed by atoms with Crippen LogP contribution in [0.4, 0.5) is 16.2 Å². The monoisotopic (exact) mass is 433 g/mol. The van der Waals surface area contributed by atoms with Crippen LogP contribution in [0.2, 0.25) is 0 Å². The van der Waals surface area contributed by atoms with Gasteiger partial charge in [0, 0.05) is 24.8 Å². The number of anilines is 2. The Kier molecular flexibility index (Phi) is 7.04. The van der Waals surface area contributed by atoms with Crippen LogP contribution in [-0.2, 0) is 10.0 Å². The van der Waals surface area contributed by atoms with Crippen LogP contribution >= 0.6 is 0 Å². The molecule has 8 nitrogen and oxygen atoms in total. The largest absolute Gasteiger partial charge is 0.497 e. The van der Waals surface area contributed by atoms with Crippen LogP contribution in [-0.4, -0.2) is 46.7 Å². The quantitative estimate of drug-likeness (QED) is 0.720. The number of rotatable bonds is 6. The highest BCUT2D eigenvalue weighted by Crippen LogP contribution is 2.31. The highest BCUT2D eigenvalue weighted by molar-refractivity contribution is 7.92. The summed E-state index contributed by atoms with van der Waals surface area (Å²) in [4.78, 5) is 14.3. The summed E-state index contributed by atoms with van der Waals surface area (Å²) in [7, 11) is -0.858. The van der Waals surface area contributed by atoms with Crippen molar-refractivity contribution >= 4 is 27.4 Å². The molecular weight excluding hydrogens is 406 g/mol. The summed E-state index contributed by atoms with van der Waals surface area (Å²) in [6.45, 7) is 1.48. The molecule has 1 aliphatic rings. The fraction of sp³-hybridized carbons (Fsp3) is 0.381. The Morgan fingerprint density at radius 3 is 2.20 bits per heavy atom. The number of sulfonamides is 1. The minimum Gasteiger partial charge on any atom is -0.497 e. The van der Waals surface area contributed by atoms with Gasteiger partial charge in [-0.3, -0.25) is 4.72 Å². The van der Waals surface area contributed by atoms with E-state index in [-0.39, 0.29) is 10.9 Å². The van der Waals surface area contributed by atoms with Crippen LogP contribution in [0.5, 0.6) is 11.5 Å². The van der Waals surface area contributed by atoms with Crippen molar-refractivity contribution in [1.82, 2.24) is 4.90 Å². The van der Waals surface area contributed by atoms with Gasteiger partial charge in [-0.2, -0.15) is 0 Å². The maximum atomic E-state index is 12.7. The zero-order valence-electron chi connectivity index (χ0n) is 17.2. The lowest BCUT2D eigenvalue weighted by Gasteiger charge is -2.20. The summed E-state index contributed by atoms with van der Waals surface area (Å²) in [5.41, 5.74) is 0.849. The number of carbonyl (C=O) groups is 1. The molecule has 0 atom stereocenters. The van der Waals surface area contributed by atoms with Crippen molar-refractivity contribution in [1.29, 1.82) is 0 Å². The number of benzene rings is 2. The lowest BCUT2D eigenvalue weighted by atomic mass is 10.2. The van der Waals surface area contributed by atoms with Crippen LogP contribution in [0.25, 0.3) is 0 Å². The first-order valence-electron chi connectivity index (χ1n) is 9.84. The summed E-state index contributed by atoms with van der Waals surface area (Å²) in [5, 5.41) is 2.84. The normalized spacial score (nSPS) is 14.5. The van der Waals surface area contributed by atoms with E-state index in [1.165, 1.54) is 26.4 Å². The van der Waals surface area contributed by atoms with E-state index in [1.807, 2.05) is 0 Å². The third kappa shape index (κ3) is 5.35. The first-order valence-corrected chi connectivity index (χ1v) is 11.3. The molecule has 162 valence electrons. The second-order valence-corrected chi connectivity index (χ2v) is 8.71. The van der Waals surface area contributed by atoms with Crippen molar-refractivity contribution < 1.29 is 22.7 Å². The Morgan fingerprint density at radius 1 is 0.933 bits per heavy atom. The molecule has 2 N–H and O–H groups in total. The average molecular weight is 434 g/mol. The van der Waals surface area contributed by atoms with Crippen molar-refractivity contribution in [2.45, 2.75) is 30.6 Å². The number of nitrogens with one attached hydrogen (secondary N) is 2. The van der Waals surface area contributed by atoms with Crippen LogP contribution in [0.3, 0.4) is 0 Å². The maximum absolute atomic E-state index is 12.7. The number of hydrogen-bond acceptors (Lipinski definition) is 5. The van der Waals surface area contributed by atoms with Gasteiger partial charge in [0.1, 0.15) is 11.5 Å². The van der Waals surface area contributed by atoms with Crippen LogP contribution in [0, 0.1) is 0 Å². The molecule has 0 spiro atoms. The minimum atomic E-state index is -3.83. The standard InChI is InChI=1S/C21H27N3O5S/c1-28-17-9-12-19(20(15-17)29-2)23-30(26,27)18-10-7-16(8-11-18)22-21(25)24-13-5-3-4-6-14-24/h7-12,15,23H,3-6,13-14H2,1-2H3,(H,22,25). The lowest BCUT2D eigenvalue weighted by Crippen LogP contribution is -2.35. The predicted molar refractivity (Wildman–Crippen MR) is 116 cm³/mol. The highest BCUT2D eigenvalue weighted by atomic mass is 32.2. The summed E-state index contributed by atoms with van der Waals surface area (Å²) in [6.07, 6.45) is 4.29. The van der Waals surface area contributed by atoms with Crippen molar-refractivity contribution in [3.63, 3.8) is 0 Å². The van der Waals surface area contributed by atoms with E-state index in [4.69, 9.17) is 9.47 Å². The predicted octanol–water partition coefficient (Wildman–Crippen LogP) is 3.91. The molecule has 2 amide bonds. The molecular formula is C21H27N3O5S. The molecule has 1 aliphatic heterocycles. The Morgan fingerprint density at radius 2 is 1.60 bits per heavy atom. The van der Waals surface area contributed by atoms with E-state index in [9.17, 15) is 13.2 Å². The van der Waals surface area contributed by atoms with Gasteiger partial charge in [0.25, 0.3) is 10.0 Å². The first-order chi connectivity index (χ1) is 14.4. The topological polar surface area (TPSA) is 97.0 Å². The SMILES string of the molecule is COc1ccc(NS(=O)(=O)c2ccc(NC(=O)N3CCCCCC3)cc2)c(OC)c1. The number of carbonyl (C=O) groups excluding carboxylic acids is 1. The second kappa shape index (κ2) is 9.71. The first kappa shape index (κ1) is 21.8. The molecule has 2 aromatic rings. The van der Waals surface area contributed by atoms with Gasteiger partial charge in [-0.05, 0) is 49.2 Å². The summed E-state index contributed by atoms with van der Waals surface area (Å²) >= 11 is 0. The van der Waals surface area contributed by atoms with Gasteiger partial charge in [0.2, 0.25) is 0 Å². The molecule has 1 heterocycles. The number of nitrogens with zero attached hydrogens (tertiary/aromatic N) is 1. The number of likely N-dealkylation sites (tertiary alicyclic amines) is 1. The molecule has 0 unspecified atom stereocenters. The second-order valence-electron chi connectivity index (χ2n) is 7.03. The van der Waals surface area contributed by atoms with Gasteiger partial charge in [-0.15, -0.1) is 0 Å². The minimum absolute atomic E-state index is 0.0770. The maximum Gasteiger partial charge on any atom is 0.321 e. The lowest BCUT2D eigenvalue weighted by molar-refractivity contribution is 0.214. The van der Waals surface area contributed by atoms with E-state index < -0.39 is 10.0 Å². The fourth-order valence-electron chi connectivity index (χ4n) is 3.28. The van der Waals surface area contributed by atoms with Crippen molar-refractivity contribution in [3.8, 4) is 11.5 Å². The van der Waals surface area contributed by atoms with Crippen LogP contribution in [0.15, 0.2) is 47.4 Å². The van der Waals surface area contributed by atoms with Crippen molar-refractivity contribution in [3.05, 3.63) is 42.5 Å². The Balaban J connectivity index is 1.69. The number of hydrogen-bond donors (Lipinski definition) is 2. The Labute approximate surface area is 177 Å². The molecule has 0 aliphatic carbocycles. The smallest absolute Gasteiger partial charge is 0.321 e. The highest BCUT2D eigenvalue weighted by Gasteiger charge is 2.18. The molecule has 0 aromatic heterocycles. The number of amides is 2. The van der Waals surface area contributed by atoms with E-state index in [0.29, 0.717) is 22.9 Å². The fourth-order valence-corrected chi connectivity index (χ4v) is 4.35. The Hall–Kier alpha value is -2.94. The van der Waals surface area contributed by atoms with E-state index in [1.54, 1.807) is 35.2 Å². The molecule has 0 radical (unpaired) electrons. The van der Waals surface area contributed by atoms with E-state index in [0.717, 1.165) is 38.8 Å². The van der Waals surface area contributed by atoms with Gasteiger partial charge in [-0.25, -0.2) is 13.2 Å². The number of methoxy groups -OCH3 is 2. The van der Waals surface area contributed by atoms with Crippen molar-refractivity contribution in [2.75, 3.05) is 37.3 Å². The molecule has 9 heteroatoms.